The lowest BCUT2D eigenvalue weighted by Gasteiger charge is -2.18. The van der Waals surface area contributed by atoms with Crippen LogP contribution >= 0.6 is 0 Å². The zero-order valence-electron chi connectivity index (χ0n) is 44.6. The minimum Gasteiger partial charge on any atom is -0.462 e. The van der Waals surface area contributed by atoms with Gasteiger partial charge in [-0.1, -0.05) is 228 Å². The Kier molecular flexibility index (Phi) is 53.4. The predicted molar refractivity (Wildman–Crippen MR) is 293 cm³/mol. The molecule has 0 heterocycles. The van der Waals surface area contributed by atoms with Crippen molar-refractivity contribution in [1.29, 1.82) is 0 Å². The van der Waals surface area contributed by atoms with Crippen molar-refractivity contribution in [3.05, 3.63) is 85.1 Å². The molecular formula is C62H106O6. The Labute approximate surface area is 420 Å². The van der Waals surface area contributed by atoms with E-state index in [1.165, 1.54) is 116 Å². The summed E-state index contributed by atoms with van der Waals surface area (Å²) >= 11 is 0. The minimum atomic E-state index is -0.789. The van der Waals surface area contributed by atoms with E-state index in [0.29, 0.717) is 19.3 Å². The Morgan fingerprint density at radius 2 is 0.588 bits per heavy atom. The van der Waals surface area contributed by atoms with Gasteiger partial charge in [0.25, 0.3) is 0 Å². The topological polar surface area (TPSA) is 78.9 Å². The molecule has 0 rings (SSSR count). The molecule has 0 aliphatic carbocycles. The Morgan fingerprint density at radius 1 is 0.309 bits per heavy atom. The summed E-state index contributed by atoms with van der Waals surface area (Å²) in [4.78, 5) is 38.1. The molecule has 0 aliphatic heterocycles. The highest BCUT2D eigenvalue weighted by atomic mass is 16.6. The molecule has 0 saturated carbocycles. The second-order valence-electron chi connectivity index (χ2n) is 18.8. The largest absolute Gasteiger partial charge is 0.462 e. The summed E-state index contributed by atoms with van der Waals surface area (Å²) in [5, 5.41) is 0. The van der Waals surface area contributed by atoms with Gasteiger partial charge in [-0.3, -0.25) is 14.4 Å². The Balaban J connectivity index is 4.34. The third-order valence-corrected chi connectivity index (χ3v) is 12.1. The summed E-state index contributed by atoms with van der Waals surface area (Å²) < 4.78 is 16.8. The molecule has 0 radical (unpaired) electrons. The van der Waals surface area contributed by atoms with Gasteiger partial charge < -0.3 is 14.2 Å². The van der Waals surface area contributed by atoms with Crippen LogP contribution in [0.15, 0.2) is 85.1 Å². The third kappa shape index (κ3) is 53.5. The van der Waals surface area contributed by atoms with Gasteiger partial charge in [0.1, 0.15) is 13.2 Å². The van der Waals surface area contributed by atoms with E-state index in [4.69, 9.17) is 14.2 Å². The number of carbonyl (C=O) groups is 3. The van der Waals surface area contributed by atoms with Crippen molar-refractivity contribution in [2.24, 2.45) is 0 Å². The molecule has 68 heavy (non-hydrogen) atoms. The second kappa shape index (κ2) is 56.2. The summed E-state index contributed by atoms with van der Waals surface area (Å²) in [6, 6.07) is 0. The smallest absolute Gasteiger partial charge is 0.306 e. The average molecular weight is 948 g/mol. The lowest BCUT2D eigenvalue weighted by atomic mass is 10.1. The molecule has 0 spiro atoms. The van der Waals surface area contributed by atoms with Crippen LogP contribution in [0.4, 0.5) is 0 Å². The van der Waals surface area contributed by atoms with Crippen LogP contribution in [-0.2, 0) is 28.6 Å². The molecule has 0 aromatic carbocycles. The third-order valence-electron chi connectivity index (χ3n) is 12.1. The number of allylic oxidation sites excluding steroid dienone is 14. The van der Waals surface area contributed by atoms with E-state index in [9.17, 15) is 14.4 Å². The van der Waals surface area contributed by atoms with E-state index in [0.717, 1.165) is 116 Å². The summed E-state index contributed by atoms with van der Waals surface area (Å²) in [6.07, 6.45) is 72.8. The van der Waals surface area contributed by atoms with Gasteiger partial charge in [-0.25, -0.2) is 0 Å². The Morgan fingerprint density at radius 3 is 0.956 bits per heavy atom. The predicted octanol–water partition coefficient (Wildman–Crippen LogP) is 19.2. The monoisotopic (exact) mass is 947 g/mol. The van der Waals surface area contributed by atoms with Gasteiger partial charge in [0.05, 0.1) is 0 Å². The molecule has 0 N–H and O–H groups in total. The first-order valence-electron chi connectivity index (χ1n) is 28.6. The standard InChI is InChI=1S/C62H106O6/c1-4-7-10-13-16-19-22-25-27-28-29-30-31-32-33-34-35-38-40-43-46-49-52-55-61(64)67-58-59(57-66-60(63)54-51-48-45-42-39-36-24-21-18-15-12-9-6-3)68-62(65)56-53-50-47-44-41-37-26-23-20-17-14-11-8-5-2/h7,10,14,16-17,19,21,23-27,29-30,59H,4-6,8-9,11-13,15,18,20,22,28,31-58H2,1-3H3/b10-7-,17-14-,19-16-,24-21-,26-23-,27-25-,30-29-. The first kappa shape index (κ1) is 64.6. The first-order chi connectivity index (χ1) is 33.5. The molecule has 6 nitrogen and oxygen atoms in total. The highest BCUT2D eigenvalue weighted by molar-refractivity contribution is 5.71. The van der Waals surface area contributed by atoms with Gasteiger partial charge in [0.15, 0.2) is 6.10 Å². The number of unbranched alkanes of at least 4 members (excludes halogenated alkanes) is 26. The van der Waals surface area contributed by atoms with Crippen LogP contribution in [0.2, 0.25) is 0 Å². The van der Waals surface area contributed by atoms with E-state index in [2.05, 4.69) is 106 Å². The molecule has 1 atom stereocenters. The molecule has 390 valence electrons. The SMILES string of the molecule is CC/C=C\C/C=C\C/C=C\C/C=C\CCCCCCCCCCCCC(=O)OCC(COC(=O)CCCCCCC/C=C\CCCCCC)OC(=O)CCCCCCC/C=C\C/C=C\CCCC. The summed E-state index contributed by atoms with van der Waals surface area (Å²) in [5.74, 6) is -0.909. The number of esters is 3. The van der Waals surface area contributed by atoms with E-state index in [1.54, 1.807) is 0 Å². The van der Waals surface area contributed by atoms with E-state index in [1.807, 2.05) is 0 Å². The van der Waals surface area contributed by atoms with Gasteiger partial charge in [-0.2, -0.15) is 0 Å². The molecule has 6 heteroatoms. The lowest BCUT2D eigenvalue weighted by molar-refractivity contribution is -0.167. The van der Waals surface area contributed by atoms with Crippen molar-refractivity contribution in [2.45, 2.75) is 277 Å². The molecule has 0 amide bonds. The maximum Gasteiger partial charge on any atom is 0.306 e. The van der Waals surface area contributed by atoms with E-state index in [-0.39, 0.29) is 31.1 Å². The zero-order chi connectivity index (χ0) is 49.3. The average Bonchev–Trinajstić information content (AvgIpc) is 3.34. The number of hydrogen-bond donors (Lipinski definition) is 0. The molecule has 0 bridgehead atoms. The van der Waals surface area contributed by atoms with Crippen molar-refractivity contribution in [3.63, 3.8) is 0 Å². The fourth-order valence-electron chi connectivity index (χ4n) is 7.80. The van der Waals surface area contributed by atoms with Gasteiger partial charge in [-0.15, -0.1) is 0 Å². The summed E-state index contributed by atoms with van der Waals surface area (Å²) in [6.45, 7) is 6.46. The maximum atomic E-state index is 12.8. The zero-order valence-corrected chi connectivity index (χ0v) is 44.6. The first-order valence-corrected chi connectivity index (χ1v) is 28.6. The summed E-state index contributed by atoms with van der Waals surface area (Å²) in [5.41, 5.74) is 0. The van der Waals surface area contributed by atoms with Crippen molar-refractivity contribution in [2.75, 3.05) is 13.2 Å². The molecular weight excluding hydrogens is 841 g/mol. The fourth-order valence-corrected chi connectivity index (χ4v) is 7.80. The van der Waals surface area contributed by atoms with E-state index >= 15 is 0 Å². The normalized spacial score (nSPS) is 12.7. The number of rotatable bonds is 51. The molecule has 1 unspecified atom stereocenters. The fraction of sp³-hybridized carbons (Fsp3) is 0.726. The van der Waals surface area contributed by atoms with Gasteiger partial charge in [0, 0.05) is 19.3 Å². The molecule has 0 aromatic heterocycles. The molecule has 0 aliphatic rings. The van der Waals surface area contributed by atoms with Crippen LogP contribution in [-0.4, -0.2) is 37.2 Å². The van der Waals surface area contributed by atoms with Crippen LogP contribution in [0, 0.1) is 0 Å². The highest BCUT2D eigenvalue weighted by Crippen LogP contribution is 2.15. The number of hydrogen-bond acceptors (Lipinski definition) is 6. The maximum absolute atomic E-state index is 12.8. The summed E-state index contributed by atoms with van der Waals surface area (Å²) in [7, 11) is 0. The van der Waals surface area contributed by atoms with Crippen molar-refractivity contribution in [1.82, 2.24) is 0 Å². The Hall–Kier alpha value is -3.41. The van der Waals surface area contributed by atoms with Crippen LogP contribution in [0.3, 0.4) is 0 Å². The van der Waals surface area contributed by atoms with Gasteiger partial charge in [-0.05, 0) is 109 Å². The van der Waals surface area contributed by atoms with Gasteiger partial charge >= 0.3 is 17.9 Å². The van der Waals surface area contributed by atoms with Crippen LogP contribution < -0.4 is 0 Å². The number of carbonyl (C=O) groups excluding carboxylic acids is 3. The molecule has 0 fully saturated rings. The van der Waals surface area contributed by atoms with Crippen LogP contribution in [0.25, 0.3) is 0 Å². The van der Waals surface area contributed by atoms with E-state index < -0.39 is 6.10 Å². The highest BCUT2D eigenvalue weighted by Gasteiger charge is 2.19. The molecule has 0 aromatic rings. The van der Waals surface area contributed by atoms with Crippen molar-refractivity contribution < 1.29 is 28.6 Å². The molecule has 0 saturated heterocycles. The van der Waals surface area contributed by atoms with Crippen LogP contribution in [0.5, 0.6) is 0 Å². The van der Waals surface area contributed by atoms with Gasteiger partial charge in [0.2, 0.25) is 0 Å². The number of ether oxygens (including phenoxy) is 3. The van der Waals surface area contributed by atoms with Crippen molar-refractivity contribution >= 4 is 17.9 Å². The Bertz CT molecular complexity index is 1320. The quantitative estimate of drug-likeness (QED) is 0.0262. The lowest BCUT2D eigenvalue weighted by Crippen LogP contribution is -2.30. The minimum absolute atomic E-state index is 0.0868. The van der Waals surface area contributed by atoms with Crippen LogP contribution in [0.1, 0.15) is 271 Å². The second-order valence-corrected chi connectivity index (χ2v) is 18.8. The van der Waals surface area contributed by atoms with Crippen molar-refractivity contribution in [3.8, 4) is 0 Å².